The van der Waals surface area contributed by atoms with Crippen molar-refractivity contribution in [1.82, 2.24) is 0 Å². The number of benzene rings is 4. The molecule has 0 amide bonds. The van der Waals surface area contributed by atoms with Crippen LogP contribution < -0.4 is 15.9 Å². The van der Waals surface area contributed by atoms with E-state index in [0.717, 1.165) is 10.6 Å². The molecule has 0 saturated heterocycles. The monoisotopic (exact) mass is 557 g/mol. The first-order chi connectivity index (χ1) is 13.7. The predicted molar refractivity (Wildman–Crippen MR) is 136 cm³/mol. The Morgan fingerprint density at radius 1 is 0.607 bits per heavy atom. The smallest absolute Gasteiger partial charge is 0.0620 e. The Morgan fingerprint density at radius 3 is 1.43 bits per heavy atom. The van der Waals surface area contributed by atoms with Crippen molar-refractivity contribution < 1.29 is 0 Å². The van der Waals surface area contributed by atoms with Crippen LogP contribution in [0, 0.1) is 3.57 Å². The quantitative estimate of drug-likeness (QED) is 0.193. The minimum absolute atomic E-state index is 1.01. The van der Waals surface area contributed by atoms with Crippen molar-refractivity contribution in [3.63, 3.8) is 0 Å². The Balaban J connectivity index is 2.01. The number of hydrogen-bond acceptors (Lipinski definition) is 0. The van der Waals surface area contributed by atoms with Crippen molar-refractivity contribution in [2.45, 2.75) is 6.16 Å². The van der Waals surface area contributed by atoms with Gasteiger partial charge in [-0.05, 0) is 71.1 Å². The van der Waals surface area contributed by atoms with Gasteiger partial charge in [-0.3, -0.25) is 0 Å². The van der Waals surface area contributed by atoms with E-state index >= 15 is 0 Å². The summed E-state index contributed by atoms with van der Waals surface area (Å²) >= 11 is 6.09. The minimum atomic E-state index is -1.84. The normalized spacial score (nSPS) is 11.4. The first kappa shape index (κ1) is 19.8. The fourth-order valence-corrected chi connectivity index (χ4v) is 9.74. The summed E-state index contributed by atoms with van der Waals surface area (Å²) in [6, 6.07) is 39.8. The summed E-state index contributed by atoms with van der Waals surface area (Å²) in [6.07, 6.45) is 1.01. The lowest BCUT2D eigenvalue weighted by atomic mass is 10.2. The Labute approximate surface area is 189 Å². The molecule has 0 saturated carbocycles. The molecule has 138 valence electrons. The highest BCUT2D eigenvalue weighted by molar-refractivity contribution is 14.1. The topological polar surface area (TPSA) is 0 Å². The fourth-order valence-electron chi connectivity index (χ4n) is 3.67. The molecule has 0 atom stereocenters. The molecule has 0 fully saturated rings. The highest BCUT2D eigenvalue weighted by Gasteiger charge is 2.45. The van der Waals surface area contributed by atoms with E-state index in [1.54, 1.807) is 0 Å². The maximum Gasteiger partial charge on any atom is 0.116 e. The summed E-state index contributed by atoms with van der Waals surface area (Å²) in [5.41, 5.74) is 1.40. The van der Waals surface area contributed by atoms with Crippen LogP contribution in [0.15, 0.2) is 114 Å². The van der Waals surface area contributed by atoms with Crippen LogP contribution in [0.1, 0.15) is 5.56 Å². The first-order valence-electron chi connectivity index (χ1n) is 9.19. The van der Waals surface area contributed by atoms with Gasteiger partial charge in [0.05, 0.1) is 6.16 Å². The first-order valence-corrected chi connectivity index (χ1v) is 13.0. The van der Waals surface area contributed by atoms with E-state index in [-0.39, 0.29) is 0 Å². The number of hydrogen-bond donors (Lipinski definition) is 0. The Hall–Kier alpha value is -1.48. The third-order valence-corrected chi connectivity index (χ3v) is 10.9. The summed E-state index contributed by atoms with van der Waals surface area (Å²) in [4.78, 5) is 0. The molecule has 4 rings (SSSR count). The molecular weight excluding hydrogens is 538 g/mol. The van der Waals surface area contributed by atoms with Gasteiger partial charge in [-0.1, -0.05) is 76.6 Å². The molecule has 3 heteroatoms. The van der Waals surface area contributed by atoms with E-state index in [2.05, 4.69) is 148 Å². The average molecular weight is 558 g/mol. The van der Waals surface area contributed by atoms with Crippen LogP contribution in [0.25, 0.3) is 0 Å². The largest absolute Gasteiger partial charge is 0.116 e. The number of rotatable bonds is 5. The van der Waals surface area contributed by atoms with Gasteiger partial charge in [0.2, 0.25) is 0 Å². The second kappa shape index (κ2) is 8.90. The maximum absolute atomic E-state index is 3.61. The molecule has 0 spiro atoms. The molecule has 0 aliphatic rings. The molecule has 0 aromatic heterocycles. The van der Waals surface area contributed by atoms with Crippen LogP contribution in [0.5, 0.6) is 0 Å². The second-order valence-electron chi connectivity index (χ2n) is 6.71. The van der Waals surface area contributed by atoms with Gasteiger partial charge in [-0.25, -0.2) is 0 Å². The molecule has 28 heavy (non-hydrogen) atoms. The molecule has 0 heterocycles. The van der Waals surface area contributed by atoms with Crippen LogP contribution in [-0.4, -0.2) is 0 Å². The molecule has 0 aliphatic carbocycles. The fraction of sp³-hybridized carbons (Fsp3) is 0.0400. The highest BCUT2D eigenvalue weighted by atomic mass is 127. The lowest BCUT2D eigenvalue weighted by molar-refractivity contribution is 1.35. The maximum atomic E-state index is 3.61. The Morgan fingerprint density at radius 2 is 1.04 bits per heavy atom. The van der Waals surface area contributed by atoms with Crippen LogP contribution >= 0.6 is 45.8 Å². The summed E-state index contributed by atoms with van der Waals surface area (Å²) in [5.74, 6) is 0. The zero-order chi connectivity index (χ0) is 19.4. The van der Waals surface area contributed by atoms with Gasteiger partial charge < -0.3 is 0 Å². The van der Waals surface area contributed by atoms with Gasteiger partial charge >= 0.3 is 0 Å². The van der Waals surface area contributed by atoms with Gasteiger partial charge in [0.15, 0.2) is 0 Å². The van der Waals surface area contributed by atoms with E-state index < -0.39 is 7.26 Å². The van der Waals surface area contributed by atoms with Crippen LogP contribution in [0.3, 0.4) is 0 Å². The molecule has 0 N–H and O–H groups in total. The van der Waals surface area contributed by atoms with Crippen molar-refractivity contribution in [3.8, 4) is 0 Å². The summed E-state index contributed by atoms with van der Waals surface area (Å²) in [7, 11) is -1.84. The lowest BCUT2D eigenvalue weighted by Crippen LogP contribution is -2.32. The van der Waals surface area contributed by atoms with Gasteiger partial charge in [-0.15, -0.1) is 0 Å². The summed E-state index contributed by atoms with van der Waals surface area (Å²) in [6.45, 7) is 0. The third kappa shape index (κ3) is 3.96. The average Bonchev–Trinajstić information content (AvgIpc) is 2.75. The summed E-state index contributed by atoms with van der Waals surface area (Å²) in [5, 5.41) is 4.27. The van der Waals surface area contributed by atoms with Crippen molar-refractivity contribution in [1.29, 1.82) is 0 Å². The van der Waals surface area contributed by atoms with Crippen LogP contribution in [0.4, 0.5) is 0 Å². The van der Waals surface area contributed by atoms with Crippen molar-refractivity contribution in [2.75, 3.05) is 0 Å². The summed E-state index contributed by atoms with van der Waals surface area (Å²) < 4.78 is 2.43. The zero-order valence-electron chi connectivity index (χ0n) is 15.3. The molecule has 0 unspecified atom stereocenters. The standard InChI is InChI=1S/C25H20BrIP/c26-21-17-16-20(25(27)18-21)19-28(22-10-4-1-5-11-22,23-12-6-2-7-13-23)24-14-8-3-9-15-24/h1-18H,19H2/q+1. The van der Waals surface area contributed by atoms with Crippen molar-refractivity contribution in [3.05, 3.63) is 123 Å². The van der Waals surface area contributed by atoms with Crippen LogP contribution in [-0.2, 0) is 6.16 Å². The molecule has 0 radical (unpaired) electrons. The van der Waals surface area contributed by atoms with E-state index in [4.69, 9.17) is 0 Å². The van der Waals surface area contributed by atoms with E-state index in [0.29, 0.717) is 0 Å². The molecule has 0 bridgehead atoms. The van der Waals surface area contributed by atoms with Crippen molar-refractivity contribution in [2.24, 2.45) is 0 Å². The van der Waals surface area contributed by atoms with E-state index in [1.165, 1.54) is 25.0 Å². The van der Waals surface area contributed by atoms with Gasteiger partial charge in [0, 0.05) is 13.6 Å². The molecule has 4 aromatic rings. The molecule has 0 nitrogen and oxygen atoms in total. The predicted octanol–water partition coefficient (Wildman–Crippen LogP) is 6.55. The Kier molecular flexibility index (Phi) is 6.30. The van der Waals surface area contributed by atoms with Gasteiger partial charge in [-0.2, -0.15) is 0 Å². The zero-order valence-corrected chi connectivity index (χ0v) is 19.9. The van der Waals surface area contributed by atoms with Gasteiger partial charge in [0.25, 0.3) is 0 Å². The van der Waals surface area contributed by atoms with Gasteiger partial charge in [0.1, 0.15) is 23.2 Å². The van der Waals surface area contributed by atoms with E-state index in [9.17, 15) is 0 Å². The lowest BCUT2D eigenvalue weighted by Gasteiger charge is -2.28. The molecular formula is C25H20BrIP+. The third-order valence-electron chi connectivity index (χ3n) is 5.01. The minimum Gasteiger partial charge on any atom is -0.0620 e. The molecule has 0 aliphatic heterocycles. The Bertz CT molecular complexity index is 953. The highest BCUT2D eigenvalue weighted by Crippen LogP contribution is 2.58. The SMILES string of the molecule is Brc1ccc(C[P+](c2ccccc2)(c2ccccc2)c2ccccc2)c(I)c1. The van der Waals surface area contributed by atoms with Crippen LogP contribution in [0.2, 0.25) is 0 Å². The number of halogens is 2. The van der Waals surface area contributed by atoms with E-state index in [1.807, 2.05) is 0 Å². The van der Waals surface area contributed by atoms with Crippen molar-refractivity contribution >= 4 is 61.7 Å². The molecule has 4 aromatic carbocycles. The second-order valence-corrected chi connectivity index (χ2v) is 12.3.